The smallest absolute Gasteiger partial charge is 0.264 e. The Morgan fingerprint density at radius 2 is 1.65 bits per heavy atom. The molecule has 1 atom stereocenters. The van der Waals surface area contributed by atoms with Crippen LogP contribution in [0.2, 0.25) is 0 Å². The van der Waals surface area contributed by atoms with Gasteiger partial charge in [-0.2, -0.15) is 0 Å². The Hall–Kier alpha value is -3.37. The second-order valence-electron chi connectivity index (χ2n) is 9.74. The maximum absolute atomic E-state index is 14.1. The first-order valence-electron chi connectivity index (χ1n) is 13.1. The number of carbonyl (C=O) groups is 2. The zero-order valence-corrected chi connectivity index (χ0v) is 25.6. The molecule has 40 heavy (non-hydrogen) atoms. The monoisotopic (exact) mass is 629 g/mol. The molecule has 0 unspecified atom stereocenters. The number of benzene rings is 3. The van der Waals surface area contributed by atoms with Crippen molar-refractivity contribution in [2.45, 2.75) is 44.7 Å². The summed E-state index contributed by atoms with van der Waals surface area (Å²) in [6.07, 6.45) is 0.355. The Kier molecular flexibility index (Phi) is 11.2. The van der Waals surface area contributed by atoms with E-state index >= 15 is 0 Å². The second kappa shape index (κ2) is 14.3. The van der Waals surface area contributed by atoms with Gasteiger partial charge in [0.1, 0.15) is 18.3 Å². The fourth-order valence-corrected chi connectivity index (χ4v) is 5.96. The molecule has 0 bridgehead atoms. The lowest BCUT2D eigenvalue weighted by molar-refractivity contribution is -0.140. The summed E-state index contributed by atoms with van der Waals surface area (Å²) in [5.74, 6) is 0.119. The maximum atomic E-state index is 14.1. The molecule has 0 saturated carbocycles. The van der Waals surface area contributed by atoms with Crippen molar-refractivity contribution in [3.63, 3.8) is 0 Å². The number of hydrogen-bond donors (Lipinski definition) is 1. The summed E-state index contributed by atoms with van der Waals surface area (Å²) in [5, 5.41) is 2.93. The number of nitrogens with one attached hydrogen (secondary N) is 1. The number of hydrogen-bond acceptors (Lipinski definition) is 5. The van der Waals surface area contributed by atoms with Crippen LogP contribution in [0.5, 0.6) is 5.75 Å². The minimum Gasteiger partial charge on any atom is -0.497 e. The first kappa shape index (κ1) is 31.2. The van der Waals surface area contributed by atoms with Gasteiger partial charge in [-0.1, -0.05) is 73.1 Å². The molecule has 3 aromatic rings. The topological polar surface area (TPSA) is 96.0 Å². The zero-order valence-electron chi connectivity index (χ0n) is 23.2. The highest BCUT2D eigenvalue weighted by Crippen LogP contribution is 2.27. The van der Waals surface area contributed by atoms with E-state index in [-0.39, 0.29) is 23.3 Å². The van der Waals surface area contributed by atoms with E-state index in [4.69, 9.17) is 4.74 Å². The van der Waals surface area contributed by atoms with Crippen LogP contribution in [-0.4, -0.2) is 51.4 Å². The molecule has 0 heterocycles. The maximum Gasteiger partial charge on any atom is 0.264 e. The van der Waals surface area contributed by atoms with Gasteiger partial charge in [0.15, 0.2) is 0 Å². The van der Waals surface area contributed by atoms with Gasteiger partial charge in [0.05, 0.1) is 17.7 Å². The Balaban J connectivity index is 2.03. The van der Waals surface area contributed by atoms with Crippen molar-refractivity contribution in [1.82, 2.24) is 10.2 Å². The molecule has 214 valence electrons. The van der Waals surface area contributed by atoms with E-state index in [9.17, 15) is 18.0 Å². The van der Waals surface area contributed by atoms with Crippen LogP contribution in [0.4, 0.5) is 5.69 Å². The fourth-order valence-electron chi connectivity index (χ4n) is 4.15. The molecule has 0 aromatic heterocycles. The van der Waals surface area contributed by atoms with E-state index in [1.807, 2.05) is 32.9 Å². The molecule has 0 fully saturated rings. The molecule has 0 saturated heterocycles. The quantitative estimate of drug-likeness (QED) is 0.279. The van der Waals surface area contributed by atoms with Crippen molar-refractivity contribution in [3.05, 3.63) is 88.9 Å². The van der Waals surface area contributed by atoms with Gasteiger partial charge in [0.25, 0.3) is 10.0 Å². The second-order valence-corrected chi connectivity index (χ2v) is 12.5. The molecule has 3 aromatic carbocycles. The molecule has 0 aliphatic rings. The predicted octanol–water partition coefficient (Wildman–Crippen LogP) is 5.23. The molecule has 0 aliphatic heterocycles. The summed E-state index contributed by atoms with van der Waals surface area (Å²) in [5.41, 5.74) is 1.11. The number of sulfonamides is 1. The van der Waals surface area contributed by atoms with Crippen molar-refractivity contribution >= 4 is 43.5 Å². The summed E-state index contributed by atoms with van der Waals surface area (Å²) in [7, 11) is -2.54. The van der Waals surface area contributed by atoms with Crippen molar-refractivity contribution in [2.24, 2.45) is 5.92 Å². The van der Waals surface area contributed by atoms with Gasteiger partial charge in [0, 0.05) is 17.6 Å². The van der Waals surface area contributed by atoms with Crippen LogP contribution < -0.4 is 14.4 Å². The number of ether oxygens (including phenoxy) is 1. The average Bonchev–Trinajstić information content (AvgIpc) is 2.95. The van der Waals surface area contributed by atoms with Gasteiger partial charge in [-0.3, -0.25) is 13.9 Å². The van der Waals surface area contributed by atoms with Gasteiger partial charge < -0.3 is 15.0 Å². The Bertz CT molecular complexity index is 1380. The fraction of sp³-hybridized carbons (Fsp3) is 0.333. The summed E-state index contributed by atoms with van der Waals surface area (Å²) < 4.78 is 34.7. The number of amides is 2. The number of nitrogens with zero attached hydrogens (tertiary/aromatic N) is 2. The number of anilines is 1. The SMILES string of the molecule is CC[C@@H](C(=O)NCC(C)C)N(Cc1ccc(OC)cc1)C(=O)CN(c1cccc(Br)c1)S(=O)(=O)c1ccccc1. The Morgan fingerprint density at radius 3 is 2.23 bits per heavy atom. The van der Waals surface area contributed by atoms with E-state index in [0.717, 1.165) is 9.87 Å². The standard InChI is InChI=1S/C30H36BrN3O5S/c1-5-28(30(36)32-19-22(2)3)33(20-23-14-16-26(39-4)17-15-23)29(35)21-34(25-11-9-10-24(31)18-25)40(37,38)27-12-7-6-8-13-27/h6-18,22,28H,5,19-21H2,1-4H3,(H,32,36)/t28-/m0/s1. The van der Waals surface area contributed by atoms with Gasteiger partial charge in [0.2, 0.25) is 11.8 Å². The van der Waals surface area contributed by atoms with E-state index < -0.39 is 28.5 Å². The van der Waals surface area contributed by atoms with Crippen molar-refractivity contribution in [2.75, 3.05) is 24.5 Å². The lowest BCUT2D eigenvalue weighted by Gasteiger charge is -2.33. The van der Waals surface area contributed by atoms with Crippen LogP contribution in [0.15, 0.2) is 88.2 Å². The summed E-state index contributed by atoms with van der Waals surface area (Å²) in [6, 6.07) is 21.2. The number of carbonyl (C=O) groups excluding carboxylic acids is 2. The van der Waals surface area contributed by atoms with Crippen LogP contribution in [0, 0.1) is 5.92 Å². The third kappa shape index (κ3) is 8.08. The molecule has 0 radical (unpaired) electrons. The van der Waals surface area contributed by atoms with E-state index in [2.05, 4.69) is 21.2 Å². The summed E-state index contributed by atoms with van der Waals surface area (Å²) >= 11 is 3.41. The first-order chi connectivity index (χ1) is 19.1. The lowest BCUT2D eigenvalue weighted by atomic mass is 10.1. The summed E-state index contributed by atoms with van der Waals surface area (Å²) in [4.78, 5) is 28.9. The molecule has 1 N–H and O–H groups in total. The molecule has 3 rings (SSSR count). The molecule has 0 aliphatic carbocycles. The van der Waals surface area contributed by atoms with E-state index in [0.29, 0.717) is 28.9 Å². The van der Waals surface area contributed by atoms with Crippen LogP contribution in [0.1, 0.15) is 32.8 Å². The highest BCUT2D eigenvalue weighted by Gasteiger charge is 2.33. The van der Waals surface area contributed by atoms with Crippen LogP contribution >= 0.6 is 15.9 Å². The molecule has 0 spiro atoms. The molecule has 8 nitrogen and oxygen atoms in total. The zero-order chi connectivity index (χ0) is 29.3. The molecule has 10 heteroatoms. The van der Waals surface area contributed by atoms with Crippen molar-refractivity contribution in [3.8, 4) is 5.75 Å². The molecular weight excluding hydrogens is 594 g/mol. The predicted molar refractivity (Wildman–Crippen MR) is 161 cm³/mol. The third-order valence-corrected chi connectivity index (χ3v) is 8.57. The molecule has 2 amide bonds. The largest absolute Gasteiger partial charge is 0.497 e. The van der Waals surface area contributed by atoms with Gasteiger partial charge in [-0.05, 0) is 60.4 Å². The number of halogens is 1. The minimum absolute atomic E-state index is 0.0613. The van der Waals surface area contributed by atoms with Gasteiger partial charge >= 0.3 is 0 Å². The van der Waals surface area contributed by atoms with Crippen LogP contribution in [0.3, 0.4) is 0 Å². The average molecular weight is 631 g/mol. The third-order valence-electron chi connectivity index (χ3n) is 6.29. The first-order valence-corrected chi connectivity index (χ1v) is 15.3. The summed E-state index contributed by atoms with van der Waals surface area (Å²) in [6.45, 7) is 5.91. The number of rotatable bonds is 13. The highest BCUT2D eigenvalue weighted by molar-refractivity contribution is 9.10. The van der Waals surface area contributed by atoms with Crippen LogP contribution in [-0.2, 0) is 26.2 Å². The normalized spacial score (nSPS) is 12.1. The Labute approximate surface area is 245 Å². The lowest BCUT2D eigenvalue weighted by Crippen LogP contribution is -2.52. The van der Waals surface area contributed by atoms with Crippen LogP contribution in [0.25, 0.3) is 0 Å². The van der Waals surface area contributed by atoms with E-state index in [1.165, 1.54) is 17.0 Å². The number of methoxy groups -OCH3 is 1. The van der Waals surface area contributed by atoms with Gasteiger partial charge in [-0.25, -0.2) is 8.42 Å². The van der Waals surface area contributed by atoms with E-state index in [1.54, 1.807) is 61.7 Å². The minimum atomic E-state index is -4.11. The highest BCUT2D eigenvalue weighted by atomic mass is 79.9. The Morgan fingerprint density at radius 1 is 0.975 bits per heavy atom. The van der Waals surface area contributed by atoms with Gasteiger partial charge in [-0.15, -0.1) is 0 Å². The van der Waals surface area contributed by atoms with Crippen molar-refractivity contribution < 1.29 is 22.7 Å². The van der Waals surface area contributed by atoms with Crippen molar-refractivity contribution in [1.29, 1.82) is 0 Å². The molecular formula is C30H36BrN3O5S.